The van der Waals surface area contributed by atoms with Crippen molar-refractivity contribution in [3.63, 3.8) is 0 Å². The van der Waals surface area contributed by atoms with E-state index in [1.807, 2.05) is 37.3 Å². The van der Waals surface area contributed by atoms with Gasteiger partial charge in [0.1, 0.15) is 6.04 Å². The van der Waals surface area contributed by atoms with Crippen LogP contribution < -0.4 is 5.32 Å². The molecule has 1 atom stereocenters. The third-order valence-electron chi connectivity index (χ3n) is 6.16. The summed E-state index contributed by atoms with van der Waals surface area (Å²) in [6.45, 7) is 1.69. The molecule has 1 N–H and O–H groups in total. The van der Waals surface area contributed by atoms with Gasteiger partial charge in [0.15, 0.2) is 0 Å². The van der Waals surface area contributed by atoms with Crippen LogP contribution in [0.5, 0.6) is 0 Å². The highest BCUT2D eigenvalue weighted by molar-refractivity contribution is 7.89. The third kappa shape index (κ3) is 6.58. The summed E-state index contributed by atoms with van der Waals surface area (Å²) in [4.78, 5) is 28.1. The molecule has 1 aliphatic rings. The molecule has 0 bridgehead atoms. The van der Waals surface area contributed by atoms with Crippen molar-refractivity contribution in [2.75, 3.05) is 13.6 Å². The number of nitrogens with one attached hydrogen (secondary N) is 1. The van der Waals surface area contributed by atoms with Crippen LogP contribution in [0.1, 0.15) is 44.6 Å². The van der Waals surface area contributed by atoms with E-state index in [0.717, 1.165) is 35.6 Å². The van der Waals surface area contributed by atoms with Crippen molar-refractivity contribution in [3.05, 3.63) is 65.2 Å². The van der Waals surface area contributed by atoms with Crippen LogP contribution in [0, 0.1) is 0 Å². The van der Waals surface area contributed by atoms with Crippen LogP contribution in [0.2, 0.25) is 5.02 Å². The monoisotopic (exact) mass is 505 g/mol. The van der Waals surface area contributed by atoms with Gasteiger partial charge in [-0.1, -0.05) is 61.7 Å². The van der Waals surface area contributed by atoms with Gasteiger partial charge in [-0.15, -0.1) is 0 Å². The van der Waals surface area contributed by atoms with E-state index < -0.39 is 22.0 Å². The van der Waals surface area contributed by atoms with E-state index in [2.05, 4.69) is 5.32 Å². The number of rotatable bonds is 10. The highest BCUT2D eigenvalue weighted by Gasteiger charge is 2.33. The SMILES string of the molecule is CC[C@H](C(=O)NC1CCCC1)N(Cc1ccccc1)C(=O)CN(C)S(=O)(=O)c1ccc(Cl)cc1. The Hall–Kier alpha value is -2.42. The van der Waals surface area contributed by atoms with Gasteiger partial charge in [0.2, 0.25) is 21.8 Å². The van der Waals surface area contributed by atoms with Crippen LogP contribution in [-0.2, 0) is 26.2 Å². The summed E-state index contributed by atoms with van der Waals surface area (Å²) in [7, 11) is -2.54. The summed E-state index contributed by atoms with van der Waals surface area (Å²) in [6.07, 6.45) is 4.47. The van der Waals surface area contributed by atoms with Crippen LogP contribution in [0.3, 0.4) is 0 Å². The molecular weight excluding hydrogens is 474 g/mol. The van der Waals surface area contributed by atoms with Gasteiger partial charge < -0.3 is 10.2 Å². The zero-order chi connectivity index (χ0) is 24.7. The molecule has 0 radical (unpaired) electrons. The molecule has 2 aromatic rings. The fourth-order valence-corrected chi connectivity index (χ4v) is 5.47. The predicted octanol–water partition coefficient (Wildman–Crippen LogP) is 3.83. The van der Waals surface area contributed by atoms with Gasteiger partial charge in [0.25, 0.3) is 0 Å². The number of nitrogens with zero attached hydrogens (tertiary/aromatic N) is 2. The fourth-order valence-electron chi connectivity index (χ4n) is 4.22. The lowest BCUT2D eigenvalue weighted by atomic mass is 10.1. The molecule has 0 spiro atoms. The molecule has 2 aromatic carbocycles. The van der Waals surface area contributed by atoms with Crippen LogP contribution in [0.25, 0.3) is 0 Å². The maximum absolute atomic E-state index is 13.5. The molecular formula is C25H32ClN3O4S. The van der Waals surface area contributed by atoms with E-state index in [0.29, 0.717) is 11.4 Å². The smallest absolute Gasteiger partial charge is 0.243 e. The normalized spacial score (nSPS) is 15.3. The zero-order valence-corrected chi connectivity index (χ0v) is 21.2. The molecule has 34 heavy (non-hydrogen) atoms. The van der Waals surface area contributed by atoms with Crippen molar-refractivity contribution in [2.24, 2.45) is 0 Å². The van der Waals surface area contributed by atoms with Gasteiger partial charge in [-0.2, -0.15) is 4.31 Å². The Balaban J connectivity index is 1.81. The third-order valence-corrected chi connectivity index (χ3v) is 8.23. The van der Waals surface area contributed by atoms with Gasteiger partial charge in [-0.05, 0) is 49.1 Å². The number of likely N-dealkylation sites (N-methyl/N-ethyl adjacent to an activating group) is 1. The number of amides is 2. The molecule has 2 amide bonds. The maximum atomic E-state index is 13.5. The van der Waals surface area contributed by atoms with Crippen molar-refractivity contribution < 1.29 is 18.0 Å². The molecule has 0 saturated heterocycles. The minimum atomic E-state index is -3.90. The zero-order valence-electron chi connectivity index (χ0n) is 19.6. The largest absolute Gasteiger partial charge is 0.352 e. The van der Waals surface area contributed by atoms with E-state index in [-0.39, 0.29) is 29.9 Å². The maximum Gasteiger partial charge on any atom is 0.243 e. The molecule has 1 saturated carbocycles. The summed E-state index contributed by atoms with van der Waals surface area (Å²) in [5, 5.41) is 3.51. The predicted molar refractivity (Wildman–Crippen MR) is 133 cm³/mol. The topological polar surface area (TPSA) is 86.8 Å². The minimum Gasteiger partial charge on any atom is -0.352 e. The van der Waals surface area contributed by atoms with E-state index in [1.165, 1.54) is 36.2 Å². The van der Waals surface area contributed by atoms with Gasteiger partial charge in [0, 0.05) is 24.7 Å². The Morgan fingerprint density at radius 3 is 2.26 bits per heavy atom. The summed E-state index contributed by atoms with van der Waals surface area (Å²) in [5.74, 6) is -0.626. The van der Waals surface area contributed by atoms with Crippen LogP contribution in [0.4, 0.5) is 0 Å². The molecule has 0 aromatic heterocycles. The molecule has 0 aliphatic heterocycles. The minimum absolute atomic E-state index is 0.0489. The Morgan fingerprint density at radius 2 is 1.68 bits per heavy atom. The second-order valence-electron chi connectivity index (χ2n) is 8.64. The quantitative estimate of drug-likeness (QED) is 0.531. The molecule has 1 aliphatic carbocycles. The lowest BCUT2D eigenvalue weighted by Gasteiger charge is -2.32. The molecule has 0 unspecified atom stereocenters. The molecule has 0 heterocycles. The van der Waals surface area contributed by atoms with Crippen LogP contribution in [-0.4, -0.2) is 55.1 Å². The average Bonchev–Trinajstić information content (AvgIpc) is 3.32. The Kier molecular flexibility index (Phi) is 9.10. The Bertz CT molecular complexity index is 1070. The highest BCUT2D eigenvalue weighted by Crippen LogP contribution is 2.21. The van der Waals surface area contributed by atoms with Gasteiger partial charge in [-0.3, -0.25) is 9.59 Å². The second kappa shape index (κ2) is 11.8. The lowest BCUT2D eigenvalue weighted by Crippen LogP contribution is -2.53. The second-order valence-corrected chi connectivity index (χ2v) is 11.1. The van der Waals surface area contributed by atoms with Crippen LogP contribution >= 0.6 is 11.6 Å². The molecule has 184 valence electrons. The first-order valence-electron chi connectivity index (χ1n) is 11.6. The van der Waals surface area contributed by atoms with E-state index in [9.17, 15) is 18.0 Å². The average molecular weight is 506 g/mol. The number of hydrogen-bond donors (Lipinski definition) is 1. The summed E-state index contributed by atoms with van der Waals surface area (Å²) >= 11 is 5.88. The summed E-state index contributed by atoms with van der Waals surface area (Å²) in [5.41, 5.74) is 0.867. The standard InChI is InChI=1S/C25H32ClN3O4S/c1-3-23(25(31)27-21-11-7-8-12-21)29(17-19-9-5-4-6-10-19)24(30)18-28(2)34(32,33)22-15-13-20(26)14-16-22/h4-6,9-10,13-16,21,23H,3,7-8,11-12,17-18H2,1-2H3,(H,27,31)/t23-/m1/s1. The van der Waals surface area contributed by atoms with Crippen LogP contribution in [0.15, 0.2) is 59.5 Å². The molecule has 3 rings (SSSR count). The molecule has 9 heteroatoms. The fraction of sp³-hybridized carbons (Fsp3) is 0.440. The number of carbonyl (C=O) groups is 2. The Labute approximate surface area is 207 Å². The first-order chi connectivity index (χ1) is 16.2. The molecule has 7 nitrogen and oxygen atoms in total. The van der Waals surface area contributed by atoms with Gasteiger partial charge in [-0.25, -0.2) is 8.42 Å². The van der Waals surface area contributed by atoms with Crippen molar-refractivity contribution in [1.29, 1.82) is 0 Å². The number of halogens is 1. The highest BCUT2D eigenvalue weighted by atomic mass is 35.5. The van der Waals surface area contributed by atoms with Crippen molar-refractivity contribution in [2.45, 2.75) is 62.6 Å². The lowest BCUT2D eigenvalue weighted by molar-refractivity contribution is -0.141. The number of hydrogen-bond acceptors (Lipinski definition) is 4. The molecule has 1 fully saturated rings. The van der Waals surface area contributed by atoms with E-state index >= 15 is 0 Å². The number of sulfonamides is 1. The van der Waals surface area contributed by atoms with Gasteiger partial charge >= 0.3 is 0 Å². The summed E-state index contributed by atoms with van der Waals surface area (Å²) in [6, 6.07) is 14.6. The van der Waals surface area contributed by atoms with Gasteiger partial charge in [0.05, 0.1) is 11.4 Å². The van der Waals surface area contributed by atoms with E-state index in [4.69, 9.17) is 11.6 Å². The number of benzene rings is 2. The number of carbonyl (C=O) groups excluding carboxylic acids is 2. The first-order valence-corrected chi connectivity index (χ1v) is 13.4. The summed E-state index contributed by atoms with van der Waals surface area (Å²) < 4.78 is 27.0. The first kappa shape index (κ1) is 26.2. The van der Waals surface area contributed by atoms with Crippen molar-refractivity contribution >= 4 is 33.4 Å². The van der Waals surface area contributed by atoms with Crippen molar-refractivity contribution in [3.8, 4) is 0 Å². The Morgan fingerprint density at radius 1 is 1.06 bits per heavy atom. The van der Waals surface area contributed by atoms with Crippen molar-refractivity contribution in [1.82, 2.24) is 14.5 Å². The van der Waals surface area contributed by atoms with E-state index in [1.54, 1.807) is 0 Å².